The van der Waals surface area contributed by atoms with E-state index in [2.05, 4.69) is 26.9 Å². The number of Topliss-reactive ketones (excluding diaryl/α,β-unsaturated/α-hetero) is 1. The molecule has 0 fully saturated rings. The Morgan fingerprint density at radius 3 is 2.17 bits per heavy atom. The Kier molecular flexibility index (Phi) is 28.9. The van der Waals surface area contributed by atoms with Crippen LogP contribution in [0.15, 0.2) is 24.0 Å². The summed E-state index contributed by atoms with van der Waals surface area (Å²) in [7, 11) is 0. The van der Waals surface area contributed by atoms with Gasteiger partial charge in [0.1, 0.15) is 11.5 Å². The van der Waals surface area contributed by atoms with Crippen molar-refractivity contribution in [2.24, 2.45) is 5.92 Å². The minimum Gasteiger partial charge on any atom is 0 e. The third-order valence-electron chi connectivity index (χ3n) is 2.51. The van der Waals surface area contributed by atoms with Gasteiger partial charge in [0.2, 0.25) is 0 Å². The minimum atomic E-state index is -0.332. The average molecular weight is 362 g/mol. The van der Waals surface area contributed by atoms with Gasteiger partial charge in [0.05, 0.1) is 0 Å². The maximum Gasteiger partial charge on any atom is 0 e. The molecule has 0 bridgehead atoms. The van der Waals surface area contributed by atoms with Crippen molar-refractivity contribution in [3.8, 4) is 0 Å². The fraction of sp³-hybridized carbons (Fsp3) is 0.438. The van der Waals surface area contributed by atoms with Crippen LogP contribution >= 0.6 is 0 Å². The second-order valence-electron chi connectivity index (χ2n) is 3.99. The normalized spacial score (nSPS) is 13.6. The molecule has 0 aliphatic heterocycles. The van der Waals surface area contributed by atoms with Gasteiger partial charge in [0, 0.05) is 42.8 Å². The molecule has 1 rings (SSSR count). The Bertz CT molecular complexity index is 431. The summed E-state index contributed by atoms with van der Waals surface area (Å²) in [5, 5.41) is 0. The molecule has 126 valence electrons. The summed E-state index contributed by atoms with van der Waals surface area (Å²) >= 11 is 0. The quantitative estimate of drug-likeness (QED) is 0.325. The first-order valence-electron chi connectivity index (χ1n) is 6.33. The van der Waals surface area contributed by atoms with E-state index in [9.17, 15) is 9.59 Å². The fourth-order valence-electron chi connectivity index (χ4n) is 1.67. The van der Waals surface area contributed by atoms with Crippen molar-refractivity contribution in [2.75, 3.05) is 0 Å². The molecule has 1 atom stereocenters. The standard InChI is InChI=1S/C13H18O3.3CO.Fe/c1-3-4-8-13(15)11-6-5-7-12(9-11)16-10(2)14;3*1-2;/h5-7,11H,3-4,8-9H2,1-2H3;;;;/t11-;;;;/m1..../s1. The molecule has 0 radical (unpaired) electrons. The van der Waals surface area contributed by atoms with Crippen molar-refractivity contribution in [3.05, 3.63) is 43.9 Å². The summed E-state index contributed by atoms with van der Waals surface area (Å²) in [5.41, 5.74) is 0. The summed E-state index contributed by atoms with van der Waals surface area (Å²) < 4.78 is 27.5. The largest absolute Gasteiger partial charge is 0 e. The maximum atomic E-state index is 11.8. The molecular weight excluding hydrogens is 344 g/mol. The van der Waals surface area contributed by atoms with E-state index >= 15 is 0 Å². The number of hydrogen-bond donors (Lipinski definition) is 0. The molecule has 0 heterocycles. The molecular formula is C16H18FeO6. The Morgan fingerprint density at radius 2 is 1.74 bits per heavy atom. The molecule has 0 aromatic carbocycles. The first kappa shape index (κ1) is 29.4. The van der Waals surface area contributed by atoms with Gasteiger partial charge in [0.25, 0.3) is 0 Å². The first-order valence-corrected chi connectivity index (χ1v) is 6.33. The van der Waals surface area contributed by atoms with E-state index in [1.165, 1.54) is 6.92 Å². The predicted octanol–water partition coefficient (Wildman–Crippen LogP) is 2.65. The topological polar surface area (TPSA) is 103 Å². The number of carbonyl (C=O) groups excluding carboxylic acids is 2. The second-order valence-corrected chi connectivity index (χ2v) is 3.99. The Labute approximate surface area is 147 Å². The van der Waals surface area contributed by atoms with Crippen molar-refractivity contribution in [1.82, 2.24) is 0 Å². The summed E-state index contributed by atoms with van der Waals surface area (Å²) in [4.78, 5) is 22.6. The summed E-state index contributed by atoms with van der Waals surface area (Å²) in [6.45, 7) is 16.9. The van der Waals surface area contributed by atoms with Gasteiger partial charge in [0.15, 0.2) is 0 Å². The van der Waals surface area contributed by atoms with Gasteiger partial charge in [-0.15, -0.1) is 0 Å². The monoisotopic (exact) mass is 362 g/mol. The number of allylic oxidation sites excluding steroid dienone is 4. The molecule has 1 aliphatic carbocycles. The van der Waals surface area contributed by atoms with Crippen LogP contribution in [0, 0.1) is 25.9 Å². The fourth-order valence-corrected chi connectivity index (χ4v) is 1.67. The summed E-state index contributed by atoms with van der Waals surface area (Å²) in [5.74, 6) is 0.368. The van der Waals surface area contributed by atoms with E-state index in [1.54, 1.807) is 12.2 Å². The molecule has 23 heavy (non-hydrogen) atoms. The summed E-state index contributed by atoms with van der Waals surface area (Å²) in [6, 6.07) is 0. The van der Waals surface area contributed by atoms with Crippen LogP contribution in [0.25, 0.3) is 0 Å². The van der Waals surface area contributed by atoms with Crippen molar-refractivity contribution in [2.45, 2.75) is 39.5 Å². The van der Waals surface area contributed by atoms with Gasteiger partial charge in [-0.3, -0.25) is 9.59 Å². The van der Waals surface area contributed by atoms with Crippen LogP contribution in [0.3, 0.4) is 0 Å². The Morgan fingerprint density at radius 1 is 1.22 bits per heavy atom. The zero-order chi connectivity index (χ0) is 18.0. The van der Waals surface area contributed by atoms with Crippen LogP contribution < -0.4 is 0 Å². The number of hydrogen-bond acceptors (Lipinski definition) is 3. The van der Waals surface area contributed by atoms with Gasteiger partial charge < -0.3 is 4.74 Å². The number of ether oxygens (including phenoxy) is 1. The minimum absolute atomic E-state index is 0. The van der Waals surface area contributed by atoms with Crippen molar-refractivity contribution in [3.63, 3.8) is 0 Å². The van der Waals surface area contributed by atoms with E-state index in [0.29, 0.717) is 18.6 Å². The van der Waals surface area contributed by atoms with E-state index in [1.807, 2.05) is 6.08 Å². The van der Waals surface area contributed by atoms with Crippen molar-refractivity contribution < 1.29 is 45.4 Å². The molecule has 7 heteroatoms. The molecule has 6 nitrogen and oxygen atoms in total. The van der Waals surface area contributed by atoms with Crippen molar-refractivity contribution in [1.29, 1.82) is 0 Å². The molecule has 0 spiro atoms. The van der Waals surface area contributed by atoms with Crippen LogP contribution in [0.2, 0.25) is 0 Å². The molecule has 0 saturated carbocycles. The number of carbonyl (C=O) groups is 2. The zero-order valence-corrected chi connectivity index (χ0v) is 14.0. The molecule has 1 aliphatic rings. The number of ketones is 1. The number of unbranched alkanes of at least 4 members (excludes halogenated alkanes) is 1. The second kappa shape index (κ2) is 22.6. The molecule has 0 aromatic rings. The number of esters is 1. The molecule has 0 amide bonds. The van der Waals surface area contributed by atoms with Crippen LogP contribution in [0.5, 0.6) is 0 Å². The van der Waals surface area contributed by atoms with Gasteiger partial charge in [-0.2, -0.15) is 0 Å². The Hall–Kier alpha value is -1.64. The molecule has 0 saturated heterocycles. The molecule has 0 unspecified atom stereocenters. The third-order valence-corrected chi connectivity index (χ3v) is 2.51. The van der Waals surface area contributed by atoms with Crippen LogP contribution in [-0.4, -0.2) is 11.8 Å². The predicted molar refractivity (Wildman–Crippen MR) is 73.4 cm³/mol. The van der Waals surface area contributed by atoms with Gasteiger partial charge in [-0.05, 0) is 12.5 Å². The molecule has 0 aromatic heterocycles. The van der Waals surface area contributed by atoms with Gasteiger partial charge in [-0.25, -0.2) is 0 Å². The SMILES string of the molecule is CCCCC(=O)[C@@H]1C=CC=C(OC(C)=O)C1.[C-]#[O+].[C-]#[O+].[C-]#[O+].[Fe]. The summed E-state index contributed by atoms with van der Waals surface area (Å²) in [6.07, 6.45) is 8.48. The van der Waals surface area contributed by atoms with E-state index in [4.69, 9.17) is 18.7 Å². The first-order chi connectivity index (χ1) is 10.6. The van der Waals surface area contributed by atoms with E-state index in [-0.39, 0.29) is 34.7 Å². The van der Waals surface area contributed by atoms with Crippen molar-refractivity contribution >= 4 is 11.8 Å². The Balaban J connectivity index is -0.000000231. The third kappa shape index (κ3) is 16.6. The molecule has 0 N–H and O–H groups in total. The average Bonchev–Trinajstić information content (AvgIpc) is 2.58. The smallest absolute Gasteiger partial charge is 0 e. The van der Waals surface area contributed by atoms with Gasteiger partial charge in [-0.1, -0.05) is 25.5 Å². The van der Waals surface area contributed by atoms with Gasteiger partial charge >= 0.3 is 39.9 Å². The van der Waals surface area contributed by atoms with Crippen LogP contribution in [0.4, 0.5) is 0 Å². The van der Waals surface area contributed by atoms with Crippen LogP contribution in [-0.2, 0) is 45.4 Å². The maximum absolute atomic E-state index is 11.8. The number of rotatable bonds is 5. The van der Waals surface area contributed by atoms with Crippen LogP contribution in [0.1, 0.15) is 39.5 Å². The van der Waals surface area contributed by atoms with E-state index < -0.39 is 0 Å². The van der Waals surface area contributed by atoms with E-state index in [0.717, 1.165) is 12.8 Å². The zero-order valence-electron chi connectivity index (χ0n) is 12.9.